The summed E-state index contributed by atoms with van der Waals surface area (Å²) >= 11 is 0. The van der Waals surface area contributed by atoms with Gasteiger partial charge < -0.3 is 17.7 Å². The summed E-state index contributed by atoms with van der Waals surface area (Å²) in [5, 5.41) is 0. The molecule has 0 aliphatic rings. The number of benzene rings is 1. The summed E-state index contributed by atoms with van der Waals surface area (Å²) in [6.07, 6.45) is 0. The van der Waals surface area contributed by atoms with Gasteiger partial charge in [0.2, 0.25) is 0 Å². The van der Waals surface area contributed by atoms with Crippen molar-refractivity contribution in [2.45, 2.75) is 6.92 Å². The third kappa shape index (κ3) is 4.86. The molecule has 0 bridgehead atoms. The number of hydrogen-bond donors (Lipinski definition) is 0. The Morgan fingerprint density at radius 2 is 1.80 bits per heavy atom. The molecule has 0 saturated carbocycles. The molecule has 1 aromatic carbocycles. The second kappa shape index (κ2) is 6.24. The van der Waals surface area contributed by atoms with Gasteiger partial charge in [-0.2, -0.15) is 0 Å². The molecule has 0 heterocycles. The van der Waals surface area contributed by atoms with Crippen molar-refractivity contribution in [2.75, 3.05) is 6.61 Å². The van der Waals surface area contributed by atoms with Gasteiger partial charge in [0.15, 0.2) is 0 Å². The Morgan fingerprint density at radius 3 is 2.27 bits per heavy atom. The van der Waals surface area contributed by atoms with Gasteiger partial charge in [-0.1, -0.05) is 6.07 Å². The van der Waals surface area contributed by atoms with Crippen LogP contribution >= 0.6 is 0 Å². The van der Waals surface area contributed by atoms with E-state index in [0.717, 1.165) is 12.1 Å². The summed E-state index contributed by atoms with van der Waals surface area (Å²) < 4.78 is 54.2. The van der Waals surface area contributed by atoms with E-state index >= 15 is 0 Å². The SMILES string of the molecule is CCOc1cc(F)cc([B-](F)(F)F)c1.[K+]. The van der Waals surface area contributed by atoms with Crippen molar-refractivity contribution in [1.29, 1.82) is 0 Å². The van der Waals surface area contributed by atoms with Gasteiger partial charge in [-0.3, -0.25) is 0 Å². The fourth-order valence-electron chi connectivity index (χ4n) is 1.02. The summed E-state index contributed by atoms with van der Waals surface area (Å²) in [5.41, 5.74) is -0.978. The Balaban J connectivity index is 0.00000196. The maximum absolute atomic E-state index is 12.7. The average Bonchev–Trinajstić information content (AvgIpc) is 2.02. The van der Waals surface area contributed by atoms with Crippen LogP contribution in [0.5, 0.6) is 5.75 Å². The van der Waals surface area contributed by atoms with Crippen LogP contribution in [-0.4, -0.2) is 13.6 Å². The molecule has 0 aromatic heterocycles. The summed E-state index contributed by atoms with van der Waals surface area (Å²) in [4.78, 5) is 0. The monoisotopic (exact) mass is 246 g/mol. The summed E-state index contributed by atoms with van der Waals surface area (Å²) in [7, 11) is 0. The molecule has 7 heteroatoms. The quantitative estimate of drug-likeness (QED) is 0.505. The third-order valence-corrected chi connectivity index (χ3v) is 1.58. The normalized spacial score (nSPS) is 10.7. The van der Waals surface area contributed by atoms with Crippen molar-refractivity contribution in [3.8, 4) is 5.75 Å². The van der Waals surface area contributed by atoms with Gasteiger partial charge in [0.25, 0.3) is 0 Å². The zero-order valence-electron chi connectivity index (χ0n) is 8.44. The van der Waals surface area contributed by atoms with Gasteiger partial charge in [0, 0.05) is 6.07 Å². The van der Waals surface area contributed by atoms with Crippen LogP contribution in [-0.2, 0) is 0 Å². The van der Waals surface area contributed by atoms with E-state index in [1.165, 1.54) is 0 Å². The first-order valence-corrected chi connectivity index (χ1v) is 4.06. The first-order valence-electron chi connectivity index (χ1n) is 4.06. The topological polar surface area (TPSA) is 9.23 Å². The molecule has 0 fully saturated rings. The Morgan fingerprint density at radius 1 is 1.20 bits per heavy atom. The van der Waals surface area contributed by atoms with Crippen molar-refractivity contribution in [3.63, 3.8) is 0 Å². The fourth-order valence-corrected chi connectivity index (χ4v) is 1.02. The molecule has 0 radical (unpaired) electrons. The molecule has 0 spiro atoms. The van der Waals surface area contributed by atoms with Crippen molar-refractivity contribution < 1.29 is 73.5 Å². The summed E-state index contributed by atoms with van der Waals surface area (Å²) in [6, 6.07) is 2.18. The van der Waals surface area contributed by atoms with Crippen molar-refractivity contribution in [3.05, 3.63) is 24.0 Å². The van der Waals surface area contributed by atoms with Gasteiger partial charge in [0.1, 0.15) is 11.6 Å². The second-order valence-corrected chi connectivity index (χ2v) is 2.73. The van der Waals surface area contributed by atoms with Crippen LogP contribution in [0, 0.1) is 5.82 Å². The van der Waals surface area contributed by atoms with Crippen LogP contribution in [0.15, 0.2) is 18.2 Å². The standard InChI is InChI=1S/C8H8BF4O.K/c1-2-14-8-4-6(9(11,12)13)3-7(10)5-8;/h3-5H,2H2,1H3;/q-1;+1. The molecule has 0 atom stereocenters. The molecule has 0 unspecified atom stereocenters. The first-order chi connectivity index (χ1) is 6.43. The van der Waals surface area contributed by atoms with E-state index in [-0.39, 0.29) is 63.7 Å². The maximum atomic E-state index is 12.7. The van der Waals surface area contributed by atoms with E-state index in [1.807, 2.05) is 0 Å². The van der Waals surface area contributed by atoms with Gasteiger partial charge >= 0.3 is 58.4 Å². The predicted octanol–water partition coefficient (Wildman–Crippen LogP) is -0.717. The average molecular weight is 246 g/mol. The van der Waals surface area contributed by atoms with E-state index in [0.29, 0.717) is 6.07 Å². The van der Waals surface area contributed by atoms with E-state index < -0.39 is 18.3 Å². The Bertz CT molecular complexity index is 329. The molecule has 15 heavy (non-hydrogen) atoms. The minimum absolute atomic E-state index is 0. The van der Waals surface area contributed by atoms with E-state index in [2.05, 4.69) is 0 Å². The van der Waals surface area contributed by atoms with Crippen LogP contribution < -0.4 is 61.6 Å². The summed E-state index contributed by atoms with van der Waals surface area (Å²) in [5.74, 6) is -1.04. The molecule has 0 saturated heterocycles. The minimum atomic E-state index is -5.18. The maximum Gasteiger partial charge on any atom is 1.00 e. The molecule has 1 aromatic rings. The Hall–Kier alpha value is 0.441. The smallest absolute Gasteiger partial charge is 0.494 e. The molecule has 78 valence electrons. The van der Waals surface area contributed by atoms with Crippen LogP contribution in [0.1, 0.15) is 6.92 Å². The van der Waals surface area contributed by atoms with E-state index in [1.54, 1.807) is 6.92 Å². The van der Waals surface area contributed by atoms with Crippen LogP contribution in [0.2, 0.25) is 0 Å². The summed E-state index contributed by atoms with van der Waals surface area (Å²) in [6.45, 7) is -3.36. The van der Waals surface area contributed by atoms with Gasteiger partial charge in [-0.05, 0) is 13.0 Å². The molecule has 0 aliphatic heterocycles. The first kappa shape index (κ1) is 15.4. The molecule has 1 rings (SSSR count). The van der Waals surface area contributed by atoms with E-state index in [9.17, 15) is 17.3 Å². The van der Waals surface area contributed by atoms with Crippen LogP contribution in [0.25, 0.3) is 0 Å². The number of halogens is 4. The fraction of sp³-hybridized carbons (Fsp3) is 0.250. The van der Waals surface area contributed by atoms with Crippen molar-refractivity contribution >= 4 is 12.4 Å². The Labute approximate surface area is 128 Å². The van der Waals surface area contributed by atoms with Gasteiger partial charge in [-0.15, -0.1) is 5.46 Å². The van der Waals surface area contributed by atoms with Gasteiger partial charge in [0.05, 0.1) is 6.61 Å². The van der Waals surface area contributed by atoms with Crippen LogP contribution in [0.3, 0.4) is 0 Å². The minimum Gasteiger partial charge on any atom is -0.494 e. The predicted molar refractivity (Wildman–Crippen MR) is 46.3 cm³/mol. The van der Waals surface area contributed by atoms with Crippen molar-refractivity contribution in [2.24, 2.45) is 0 Å². The Kier molecular flexibility index (Phi) is 6.43. The molecule has 0 N–H and O–H groups in total. The number of hydrogen-bond acceptors (Lipinski definition) is 1. The molecule has 0 amide bonds. The molecular formula is C8H8BF4KO. The zero-order valence-corrected chi connectivity index (χ0v) is 11.6. The number of rotatable bonds is 3. The van der Waals surface area contributed by atoms with Gasteiger partial charge in [-0.25, -0.2) is 4.39 Å². The second-order valence-electron chi connectivity index (χ2n) is 2.73. The third-order valence-electron chi connectivity index (χ3n) is 1.58. The van der Waals surface area contributed by atoms with Crippen LogP contribution in [0.4, 0.5) is 17.3 Å². The molecule has 0 aliphatic carbocycles. The molecular weight excluding hydrogens is 238 g/mol. The van der Waals surface area contributed by atoms with Crippen molar-refractivity contribution in [1.82, 2.24) is 0 Å². The molecule has 1 nitrogen and oxygen atoms in total. The number of ether oxygens (including phenoxy) is 1. The van der Waals surface area contributed by atoms with E-state index in [4.69, 9.17) is 4.74 Å². The zero-order chi connectivity index (χ0) is 10.8. The largest absolute Gasteiger partial charge is 1.00 e.